The minimum Gasteiger partial charge on any atom is -0.351 e. The summed E-state index contributed by atoms with van der Waals surface area (Å²) in [5.74, 6) is -0.332. The van der Waals surface area contributed by atoms with Gasteiger partial charge >= 0.3 is 6.03 Å². The van der Waals surface area contributed by atoms with Crippen molar-refractivity contribution >= 4 is 34.9 Å². The van der Waals surface area contributed by atoms with Gasteiger partial charge in [0.15, 0.2) is 0 Å². The number of amides is 3. The Labute approximate surface area is 104 Å². The number of alkyl halides is 1. The molecule has 17 heavy (non-hydrogen) atoms. The van der Waals surface area contributed by atoms with E-state index in [2.05, 4.69) is 5.32 Å². The lowest BCUT2D eigenvalue weighted by Crippen LogP contribution is -2.33. The van der Waals surface area contributed by atoms with Crippen molar-refractivity contribution in [3.05, 3.63) is 23.8 Å². The molecule has 0 aliphatic carbocycles. The largest absolute Gasteiger partial charge is 0.351 e. The van der Waals surface area contributed by atoms with Crippen molar-refractivity contribution < 1.29 is 9.59 Å². The zero-order chi connectivity index (χ0) is 12.4. The van der Waals surface area contributed by atoms with Crippen LogP contribution in [-0.4, -0.2) is 24.4 Å². The lowest BCUT2D eigenvalue weighted by molar-refractivity contribution is -0.113. The first kappa shape index (κ1) is 11.7. The lowest BCUT2D eigenvalue weighted by atomic mass is 10.1. The second kappa shape index (κ2) is 4.63. The number of benzene rings is 1. The fourth-order valence-electron chi connectivity index (χ4n) is 1.90. The van der Waals surface area contributed by atoms with Gasteiger partial charge in [-0.1, -0.05) is 0 Å². The highest BCUT2D eigenvalue weighted by Crippen LogP contribution is 2.30. The standard InChI is InChI=1S/C11H12ClN3O2/c12-6-10(16)14-8-1-2-9-7(5-8)3-4-15(9)11(13)17/h1-2,5H,3-4,6H2,(H2,13,17)(H,14,16). The Balaban J connectivity index is 2.22. The Morgan fingerprint density at radius 3 is 2.88 bits per heavy atom. The van der Waals surface area contributed by atoms with Crippen molar-refractivity contribution in [1.82, 2.24) is 0 Å². The Bertz CT molecular complexity index is 476. The van der Waals surface area contributed by atoms with Crippen molar-refractivity contribution in [1.29, 1.82) is 0 Å². The van der Waals surface area contributed by atoms with Gasteiger partial charge in [-0.25, -0.2) is 4.79 Å². The molecule has 1 aliphatic rings. The van der Waals surface area contributed by atoms with Gasteiger partial charge < -0.3 is 11.1 Å². The fourth-order valence-corrected chi connectivity index (χ4v) is 1.97. The minimum absolute atomic E-state index is 0.0789. The van der Waals surface area contributed by atoms with E-state index in [9.17, 15) is 9.59 Å². The van der Waals surface area contributed by atoms with Crippen molar-refractivity contribution in [2.24, 2.45) is 5.73 Å². The molecule has 0 spiro atoms. The number of hydrogen-bond acceptors (Lipinski definition) is 2. The van der Waals surface area contributed by atoms with E-state index in [1.54, 1.807) is 12.1 Å². The van der Waals surface area contributed by atoms with Gasteiger partial charge in [-0.05, 0) is 30.2 Å². The smallest absolute Gasteiger partial charge is 0.319 e. The molecular formula is C11H12ClN3O2. The minimum atomic E-state index is -0.457. The Kier molecular flexibility index (Phi) is 3.19. The molecule has 1 aliphatic heterocycles. The van der Waals surface area contributed by atoms with Gasteiger partial charge in [0.1, 0.15) is 5.88 Å². The van der Waals surface area contributed by atoms with Gasteiger partial charge in [0.05, 0.1) is 0 Å². The van der Waals surface area contributed by atoms with E-state index in [0.717, 1.165) is 17.7 Å². The summed E-state index contributed by atoms with van der Waals surface area (Å²) < 4.78 is 0. The van der Waals surface area contributed by atoms with Gasteiger partial charge in [-0.2, -0.15) is 0 Å². The normalized spacial score (nSPS) is 13.4. The number of fused-ring (bicyclic) bond motifs is 1. The molecule has 0 fully saturated rings. The molecule has 3 N–H and O–H groups in total. The summed E-state index contributed by atoms with van der Waals surface area (Å²) in [6.45, 7) is 0.581. The first-order chi connectivity index (χ1) is 8.11. The lowest BCUT2D eigenvalue weighted by Gasteiger charge is -2.14. The fraction of sp³-hybridized carbons (Fsp3) is 0.273. The maximum atomic E-state index is 11.1. The van der Waals surface area contributed by atoms with Crippen molar-refractivity contribution in [2.75, 3.05) is 22.6 Å². The SMILES string of the molecule is NC(=O)N1CCc2cc(NC(=O)CCl)ccc21. The molecule has 6 heteroatoms. The van der Waals surface area contributed by atoms with E-state index in [0.29, 0.717) is 12.2 Å². The molecule has 0 aromatic heterocycles. The third-order valence-corrected chi connectivity index (χ3v) is 2.89. The summed E-state index contributed by atoms with van der Waals surface area (Å²) >= 11 is 5.40. The van der Waals surface area contributed by atoms with Crippen LogP contribution in [0.3, 0.4) is 0 Å². The van der Waals surface area contributed by atoms with Crippen LogP contribution in [0.4, 0.5) is 16.2 Å². The molecule has 1 aromatic carbocycles. The second-order valence-electron chi connectivity index (χ2n) is 3.77. The van der Waals surface area contributed by atoms with Crippen LogP contribution in [0.1, 0.15) is 5.56 Å². The van der Waals surface area contributed by atoms with Crippen molar-refractivity contribution in [2.45, 2.75) is 6.42 Å². The maximum Gasteiger partial charge on any atom is 0.319 e. The number of nitrogens with two attached hydrogens (primary N) is 1. The average molecular weight is 254 g/mol. The molecular weight excluding hydrogens is 242 g/mol. The summed E-state index contributed by atoms with van der Waals surface area (Å²) in [6, 6.07) is 4.88. The van der Waals surface area contributed by atoms with Crippen molar-refractivity contribution in [3.8, 4) is 0 Å². The topological polar surface area (TPSA) is 75.4 Å². The Morgan fingerprint density at radius 2 is 2.24 bits per heavy atom. The Morgan fingerprint density at radius 1 is 1.47 bits per heavy atom. The number of halogens is 1. The number of primary amides is 1. The molecule has 3 amide bonds. The highest BCUT2D eigenvalue weighted by atomic mass is 35.5. The summed E-state index contributed by atoms with van der Waals surface area (Å²) in [4.78, 5) is 23.8. The van der Waals surface area contributed by atoms with E-state index in [1.165, 1.54) is 4.90 Å². The van der Waals surface area contributed by atoms with E-state index in [1.807, 2.05) is 6.07 Å². The van der Waals surface area contributed by atoms with Gasteiger partial charge in [0.2, 0.25) is 5.91 Å². The number of carbonyl (C=O) groups excluding carboxylic acids is 2. The van der Waals surface area contributed by atoms with E-state index in [4.69, 9.17) is 17.3 Å². The zero-order valence-electron chi connectivity index (χ0n) is 9.07. The summed E-state index contributed by atoms with van der Waals surface area (Å²) in [7, 11) is 0. The van der Waals surface area contributed by atoms with Crippen molar-refractivity contribution in [3.63, 3.8) is 0 Å². The third kappa shape index (κ3) is 2.34. The molecule has 0 bridgehead atoms. The molecule has 1 aromatic rings. The number of hydrogen-bond donors (Lipinski definition) is 2. The average Bonchev–Trinajstić information content (AvgIpc) is 2.71. The van der Waals surface area contributed by atoms with Crippen LogP contribution in [0, 0.1) is 0 Å². The molecule has 0 atom stereocenters. The van der Waals surface area contributed by atoms with E-state index in [-0.39, 0.29) is 11.8 Å². The Hall–Kier alpha value is -1.75. The monoisotopic (exact) mass is 253 g/mol. The van der Waals surface area contributed by atoms with E-state index >= 15 is 0 Å². The molecule has 0 saturated carbocycles. The highest BCUT2D eigenvalue weighted by Gasteiger charge is 2.22. The number of urea groups is 1. The van der Waals surface area contributed by atoms with Gasteiger partial charge in [-0.15, -0.1) is 11.6 Å². The number of anilines is 2. The molecule has 0 unspecified atom stereocenters. The van der Waals surface area contributed by atoms with E-state index < -0.39 is 6.03 Å². The highest BCUT2D eigenvalue weighted by molar-refractivity contribution is 6.29. The zero-order valence-corrected chi connectivity index (χ0v) is 9.83. The van der Waals surface area contributed by atoms with Crippen LogP contribution in [0.5, 0.6) is 0 Å². The van der Waals surface area contributed by atoms with Gasteiger partial charge in [-0.3, -0.25) is 9.69 Å². The van der Waals surface area contributed by atoms with Crippen LogP contribution >= 0.6 is 11.6 Å². The molecule has 2 rings (SSSR count). The molecule has 5 nitrogen and oxygen atoms in total. The summed E-state index contributed by atoms with van der Waals surface area (Å²) in [5, 5.41) is 2.66. The number of carbonyl (C=O) groups is 2. The number of rotatable bonds is 2. The maximum absolute atomic E-state index is 11.1. The third-order valence-electron chi connectivity index (χ3n) is 2.65. The van der Waals surface area contributed by atoms with Crippen LogP contribution in [0.15, 0.2) is 18.2 Å². The quantitative estimate of drug-likeness (QED) is 0.780. The second-order valence-corrected chi connectivity index (χ2v) is 4.03. The number of nitrogens with one attached hydrogen (secondary N) is 1. The molecule has 1 heterocycles. The van der Waals surface area contributed by atoms with Gasteiger partial charge in [0.25, 0.3) is 0 Å². The number of nitrogens with zero attached hydrogens (tertiary/aromatic N) is 1. The van der Waals surface area contributed by atoms with Crippen LogP contribution in [-0.2, 0) is 11.2 Å². The summed E-state index contributed by atoms with van der Waals surface area (Å²) in [6.07, 6.45) is 0.739. The predicted octanol–water partition coefficient (Wildman–Crippen LogP) is 1.31. The summed E-state index contributed by atoms with van der Waals surface area (Å²) in [5.41, 5.74) is 7.74. The van der Waals surface area contributed by atoms with Crippen LogP contribution < -0.4 is 16.0 Å². The molecule has 0 radical (unpaired) electrons. The predicted molar refractivity (Wildman–Crippen MR) is 66.4 cm³/mol. The van der Waals surface area contributed by atoms with Gasteiger partial charge in [0, 0.05) is 17.9 Å². The first-order valence-corrected chi connectivity index (χ1v) is 5.71. The first-order valence-electron chi connectivity index (χ1n) is 5.17. The molecule has 90 valence electrons. The van der Waals surface area contributed by atoms with Crippen LogP contribution in [0.25, 0.3) is 0 Å². The van der Waals surface area contributed by atoms with Crippen LogP contribution in [0.2, 0.25) is 0 Å². The molecule has 0 saturated heterocycles.